The molecule has 3 aromatic rings. The molecular formula is C17H18N4O3. The van der Waals surface area contributed by atoms with Gasteiger partial charge >= 0.3 is 0 Å². The Morgan fingerprint density at radius 3 is 3.12 bits per heavy atom. The number of pyridine rings is 1. The lowest BCUT2D eigenvalue weighted by molar-refractivity contribution is 0.0800. The summed E-state index contributed by atoms with van der Waals surface area (Å²) in [5.74, 6) is 0.0190. The molecule has 24 heavy (non-hydrogen) atoms. The first kappa shape index (κ1) is 14.9. The van der Waals surface area contributed by atoms with Crippen molar-refractivity contribution in [3.63, 3.8) is 0 Å². The van der Waals surface area contributed by atoms with Crippen molar-refractivity contribution in [1.29, 1.82) is 0 Å². The zero-order valence-electron chi connectivity index (χ0n) is 13.3. The minimum absolute atomic E-state index is 0.0459. The van der Waals surface area contributed by atoms with E-state index in [2.05, 4.69) is 15.4 Å². The molecule has 4 rings (SSSR count). The van der Waals surface area contributed by atoms with Crippen molar-refractivity contribution in [2.45, 2.75) is 12.5 Å². The normalized spacial score (nSPS) is 20.5. The van der Waals surface area contributed by atoms with Gasteiger partial charge < -0.3 is 14.5 Å². The largest absolute Gasteiger partial charge is 0.464 e. The molecular weight excluding hydrogens is 308 g/mol. The van der Waals surface area contributed by atoms with Crippen LogP contribution in [0.1, 0.15) is 28.7 Å². The van der Waals surface area contributed by atoms with Gasteiger partial charge in [-0.3, -0.25) is 14.5 Å². The van der Waals surface area contributed by atoms with Crippen molar-refractivity contribution < 1.29 is 13.9 Å². The molecule has 4 heterocycles. The van der Waals surface area contributed by atoms with Crippen LogP contribution in [0.3, 0.4) is 0 Å². The second kappa shape index (κ2) is 6.09. The van der Waals surface area contributed by atoms with Gasteiger partial charge in [-0.05, 0) is 24.6 Å². The molecule has 0 saturated carbocycles. The van der Waals surface area contributed by atoms with Crippen LogP contribution in [0.15, 0.2) is 41.3 Å². The van der Waals surface area contributed by atoms with Crippen LogP contribution in [0.2, 0.25) is 0 Å². The van der Waals surface area contributed by atoms with Gasteiger partial charge in [-0.1, -0.05) is 0 Å². The zero-order valence-corrected chi connectivity index (χ0v) is 13.3. The fraction of sp³-hybridized carbons (Fsp3) is 0.353. The van der Waals surface area contributed by atoms with E-state index < -0.39 is 0 Å². The van der Waals surface area contributed by atoms with E-state index in [1.165, 1.54) is 0 Å². The summed E-state index contributed by atoms with van der Waals surface area (Å²) in [7, 11) is 1.90. The van der Waals surface area contributed by atoms with Gasteiger partial charge in [-0.15, -0.1) is 0 Å². The maximum atomic E-state index is 12.5. The number of furan rings is 1. The molecule has 1 amide bonds. The maximum absolute atomic E-state index is 12.5. The van der Waals surface area contributed by atoms with E-state index in [-0.39, 0.29) is 17.9 Å². The number of aromatic nitrogens is 3. The molecule has 3 aromatic heterocycles. The first-order valence-electron chi connectivity index (χ1n) is 7.94. The Kier molecular flexibility index (Phi) is 3.78. The standard InChI is InChI=1S/C17H18N4O3/c1-21-13(2-7-20-21)16-11(4-8-24-16)10-19-17(22)15-12-5-9-23-14(12)3-6-18-15/h2-3,5-7,9,11,16H,4,8,10H2,1H3,(H,19,22)/t11-,16+/m0/s1. The lowest BCUT2D eigenvalue weighted by Gasteiger charge is -2.19. The minimum atomic E-state index is -0.197. The van der Waals surface area contributed by atoms with E-state index in [1.807, 2.05) is 17.8 Å². The Morgan fingerprint density at radius 2 is 2.29 bits per heavy atom. The summed E-state index contributed by atoms with van der Waals surface area (Å²) >= 11 is 0. The molecule has 1 N–H and O–H groups in total. The van der Waals surface area contributed by atoms with Gasteiger partial charge in [0.15, 0.2) is 0 Å². The summed E-state index contributed by atoms with van der Waals surface area (Å²) in [6, 6.07) is 5.46. The van der Waals surface area contributed by atoms with Crippen molar-refractivity contribution in [1.82, 2.24) is 20.1 Å². The number of amides is 1. The van der Waals surface area contributed by atoms with Crippen molar-refractivity contribution in [3.05, 3.63) is 48.2 Å². The van der Waals surface area contributed by atoms with Crippen LogP contribution in [0.4, 0.5) is 0 Å². The third-order valence-corrected chi connectivity index (χ3v) is 4.48. The number of ether oxygens (including phenoxy) is 1. The van der Waals surface area contributed by atoms with Gasteiger partial charge in [0.05, 0.1) is 17.3 Å². The summed E-state index contributed by atoms with van der Waals surface area (Å²) in [5.41, 5.74) is 2.08. The van der Waals surface area contributed by atoms with Gasteiger partial charge in [-0.25, -0.2) is 0 Å². The molecule has 1 aliphatic rings. The molecule has 0 bridgehead atoms. The number of rotatable bonds is 4. The fourth-order valence-corrected chi connectivity index (χ4v) is 3.22. The van der Waals surface area contributed by atoms with Crippen LogP contribution in [0.5, 0.6) is 0 Å². The van der Waals surface area contributed by atoms with E-state index in [0.717, 1.165) is 17.5 Å². The van der Waals surface area contributed by atoms with Crippen LogP contribution in [0, 0.1) is 5.92 Å². The predicted molar refractivity (Wildman–Crippen MR) is 86.4 cm³/mol. The monoisotopic (exact) mass is 326 g/mol. The molecule has 0 spiro atoms. The average Bonchev–Trinajstić information content (AvgIpc) is 3.31. The van der Waals surface area contributed by atoms with Crippen molar-refractivity contribution >= 4 is 16.9 Å². The lowest BCUT2D eigenvalue weighted by Crippen LogP contribution is -2.31. The first-order chi connectivity index (χ1) is 11.7. The molecule has 1 saturated heterocycles. The summed E-state index contributed by atoms with van der Waals surface area (Å²) in [4.78, 5) is 16.7. The van der Waals surface area contributed by atoms with Crippen molar-refractivity contribution in [2.24, 2.45) is 13.0 Å². The molecule has 124 valence electrons. The smallest absolute Gasteiger partial charge is 0.270 e. The van der Waals surface area contributed by atoms with Crippen LogP contribution in [-0.2, 0) is 11.8 Å². The van der Waals surface area contributed by atoms with Gasteiger partial charge in [0.2, 0.25) is 0 Å². The zero-order chi connectivity index (χ0) is 16.5. The minimum Gasteiger partial charge on any atom is -0.464 e. The molecule has 0 aliphatic carbocycles. The lowest BCUT2D eigenvalue weighted by atomic mass is 9.99. The van der Waals surface area contributed by atoms with Gasteiger partial charge in [-0.2, -0.15) is 5.10 Å². The van der Waals surface area contributed by atoms with Crippen molar-refractivity contribution in [2.75, 3.05) is 13.2 Å². The summed E-state index contributed by atoms with van der Waals surface area (Å²) in [5, 5.41) is 7.90. The topological polar surface area (TPSA) is 82.2 Å². The number of hydrogen-bond donors (Lipinski definition) is 1. The third kappa shape index (κ3) is 2.56. The Morgan fingerprint density at radius 1 is 1.38 bits per heavy atom. The molecule has 7 nitrogen and oxygen atoms in total. The van der Waals surface area contributed by atoms with E-state index in [4.69, 9.17) is 9.15 Å². The van der Waals surface area contributed by atoms with E-state index in [9.17, 15) is 4.79 Å². The highest BCUT2D eigenvalue weighted by Gasteiger charge is 2.32. The summed E-state index contributed by atoms with van der Waals surface area (Å²) in [6.45, 7) is 1.22. The molecule has 0 aromatic carbocycles. The average molecular weight is 326 g/mol. The van der Waals surface area contributed by atoms with Crippen molar-refractivity contribution in [3.8, 4) is 0 Å². The number of carbonyl (C=O) groups excluding carboxylic acids is 1. The number of nitrogens with one attached hydrogen (secondary N) is 1. The second-order valence-electron chi connectivity index (χ2n) is 5.92. The third-order valence-electron chi connectivity index (χ3n) is 4.48. The highest BCUT2D eigenvalue weighted by molar-refractivity contribution is 6.03. The van der Waals surface area contributed by atoms with E-state index in [0.29, 0.717) is 24.4 Å². The Bertz CT molecular complexity index is 869. The predicted octanol–water partition coefficient (Wildman–Crippen LogP) is 2.07. The molecule has 0 radical (unpaired) electrons. The van der Waals surface area contributed by atoms with Crippen LogP contribution < -0.4 is 5.32 Å². The number of nitrogens with zero attached hydrogens (tertiary/aromatic N) is 3. The number of hydrogen-bond acceptors (Lipinski definition) is 5. The Hall–Kier alpha value is -2.67. The number of aryl methyl sites for hydroxylation is 1. The fourth-order valence-electron chi connectivity index (χ4n) is 3.22. The molecule has 1 fully saturated rings. The SMILES string of the molecule is Cn1nccc1[C@@H]1OCC[C@H]1CNC(=O)c1nccc2occc12. The highest BCUT2D eigenvalue weighted by Crippen LogP contribution is 2.33. The van der Waals surface area contributed by atoms with Crippen LogP contribution in [-0.4, -0.2) is 33.8 Å². The van der Waals surface area contributed by atoms with Gasteiger partial charge in [0, 0.05) is 38.5 Å². The van der Waals surface area contributed by atoms with Crippen LogP contribution >= 0.6 is 0 Å². The van der Waals surface area contributed by atoms with E-state index >= 15 is 0 Å². The first-order valence-corrected chi connectivity index (χ1v) is 7.94. The van der Waals surface area contributed by atoms with Gasteiger partial charge in [0.25, 0.3) is 5.91 Å². The molecule has 7 heteroatoms. The quantitative estimate of drug-likeness (QED) is 0.793. The highest BCUT2D eigenvalue weighted by atomic mass is 16.5. The van der Waals surface area contributed by atoms with E-state index in [1.54, 1.807) is 30.8 Å². The molecule has 0 unspecified atom stereocenters. The maximum Gasteiger partial charge on any atom is 0.270 e. The Balaban J connectivity index is 1.47. The summed E-state index contributed by atoms with van der Waals surface area (Å²) in [6.07, 6.45) is 5.76. The molecule has 2 atom stereocenters. The number of fused-ring (bicyclic) bond motifs is 1. The van der Waals surface area contributed by atoms with Crippen LogP contribution in [0.25, 0.3) is 11.0 Å². The molecule has 1 aliphatic heterocycles. The summed E-state index contributed by atoms with van der Waals surface area (Å²) < 4.78 is 13.0. The number of carbonyl (C=O) groups is 1. The Labute approximate surface area is 138 Å². The second-order valence-corrected chi connectivity index (χ2v) is 5.92. The van der Waals surface area contributed by atoms with Gasteiger partial charge in [0.1, 0.15) is 17.4 Å².